The highest BCUT2D eigenvalue weighted by Crippen LogP contribution is 2.32. The summed E-state index contributed by atoms with van der Waals surface area (Å²) in [6.07, 6.45) is -0.168. The number of carbonyl (C=O) groups is 1. The van der Waals surface area contributed by atoms with E-state index in [4.69, 9.17) is 15.6 Å². The van der Waals surface area contributed by atoms with Crippen LogP contribution in [0.25, 0.3) is 0 Å². The summed E-state index contributed by atoms with van der Waals surface area (Å²) in [5.74, 6) is -3.07. The fourth-order valence-electron chi connectivity index (χ4n) is 3.60. The number of aromatic nitrogens is 3. The molecule has 13 heteroatoms. The maximum Gasteiger partial charge on any atom is 0.436 e. The molecule has 2 aliphatic heterocycles. The summed E-state index contributed by atoms with van der Waals surface area (Å²) in [6, 6.07) is -0.862. The number of ether oxygens (including phenoxy) is 1. The molecule has 2 unspecified atom stereocenters. The predicted molar refractivity (Wildman–Crippen MR) is 97.1 cm³/mol. The van der Waals surface area contributed by atoms with Crippen LogP contribution in [0.4, 0.5) is 17.6 Å². The maximum absolute atomic E-state index is 14.5. The molecule has 2 atom stereocenters. The lowest BCUT2D eigenvalue weighted by atomic mass is 10.00. The Bertz CT molecular complexity index is 1050. The molecule has 2 bridgehead atoms. The largest absolute Gasteiger partial charge is 0.436 e. The van der Waals surface area contributed by atoms with Crippen molar-refractivity contribution in [2.75, 3.05) is 19.8 Å². The van der Waals surface area contributed by atoms with E-state index in [-0.39, 0.29) is 37.1 Å². The Balaban J connectivity index is 1.65. The van der Waals surface area contributed by atoms with Crippen molar-refractivity contribution in [3.8, 4) is 0 Å². The average molecular weight is 437 g/mol. The summed E-state index contributed by atoms with van der Waals surface area (Å²) in [6.45, 7) is -0.155. The fraction of sp³-hybridized carbons (Fsp3) is 0.333. The van der Waals surface area contributed by atoms with Crippen molar-refractivity contribution in [3.05, 3.63) is 53.6 Å². The van der Waals surface area contributed by atoms with Gasteiger partial charge < -0.3 is 14.5 Å². The Morgan fingerprint density at radius 1 is 1.19 bits per heavy atom. The smallest absolute Gasteiger partial charge is 0.377 e. The SMILES string of the molecule is N=C(c1cnccn1)N1CC2COCC(C1=N)N2C(=O)c1ccnc(C(F)(F)F)c1F. The molecule has 2 N–H and O–H groups in total. The molecule has 0 aliphatic carbocycles. The molecule has 2 fully saturated rings. The van der Waals surface area contributed by atoms with E-state index in [1.807, 2.05) is 0 Å². The van der Waals surface area contributed by atoms with E-state index in [1.165, 1.54) is 23.5 Å². The fourth-order valence-corrected chi connectivity index (χ4v) is 3.60. The van der Waals surface area contributed by atoms with E-state index in [1.54, 1.807) is 0 Å². The summed E-state index contributed by atoms with van der Waals surface area (Å²) in [5, 5.41) is 16.8. The quantitative estimate of drug-likeness (QED) is 0.418. The number of alkyl halides is 3. The maximum atomic E-state index is 14.5. The molecular formula is C18H15F4N7O2. The Hall–Kier alpha value is -3.48. The predicted octanol–water partition coefficient (Wildman–Crippen LogP) is 1.56. The average Bonchev–Trinajstić information content (AvgIpc) is 2.75. The van der Waals surface area contributed by atoms with Gasteiger partial charge in [0.15, 0.2) is 17.3 Å². The molecule has 2 aromatic rings. The van der Waals surface area contributed by atoms with Crippen molar-refractivity contribution in [3.63, 3.8) is 0 Å². The highest BCUT2D eigenvalue weighted by molar-refractivity contribution is 6.09. The Labute approximate surface area is 172 Å². The summed E-state index contributed by atoms with van der Waals surface area (Å²) in [5.41, 5.74) is -2.36. The van der Waals surface area contributed by atoms with Gasteiger partial charge >= 0.3 is 6.18 Å². The number of rotatable bonds is 2. The number of halogens is 4. The molecule has 0 saturated carbocycles. The first-order chi connectivity index (χ1) is 14.7. The van der Waals surface area contributed by atoms with E-state index in [2.05, 4.69) is 15.0 Å². The van der Waals surface area contributed by atoms with Crippen molar-refractivity contribution >= 4 is 17.6 Å². The first-order valence-corrected chi connectivity index (χ1v) is 9.03. The van der Waals surface area contributed by atoms with E-state index >= 15 is 0 Å². The number of hydrogen-bond acceptors (Lipinski definition) is 7. The molecule has 162 valence electrons. The summed E-state index contributed by atoms with van der Waals surface area (Å²) >= 11 is 0. The monoisotopic (exact) mass is 437 g/mol. The van der Waals surface area contributed by atoms with Gasteiger partial charge in [-0.2, -0.15) is 13.2 Å². The zero-order valence-corrected chi connectivity index (χ0v) is 15.7. The van der Waals surface area contributed by atoms with Crippen LogP contribution in [0.1, 0.15) is 21.7 Å². The Morgan fingerprint density at radius 2 is 1.97 bits per heavy atom. The lowest BCUT2D eigenvalue weighted by Crippen LogP contribution is -2.69. The molecule has 4 rings (SSSR count). The zero-order chi connectivity index (χ0) is 22.3. The van der Waals surface area contributed by atoms with Crippen LogP contribution < -0.4 is 0 Å². The number of nitrogens with one attached hydrogen (secondary N) is 2. The van der Waals surface area contributed by atoms with E-state index in [0.717, 1.165) is 17.2 Å². The molecule has 31 heavy (non-hydrogen) atoms. The molecular weight excluding hydrogens is 422 g/mol. The third-order valence-electron chi connectivity index (χ3n) is 5.01. The first kappa shape index (κ1) is 20.8. The van der Waals surface area contributed by atoms with E-state index in [0.29, 0.717) is 0 Å². The minimum Gasteiger partial charge on any atom is -0.377 e. The first-order valence-electron chi connectivity index (χ1n) is 9.03. The van der Waals surface area contributed by atoms with Gasteiger partial charge in [-0.05, 0) is 6.07 Å². The van der Waals surface area contributed by atoms with Gasteiger partial charge in [-0.25, -0.2) is 14.4 Å². The number of carbonyl (C=O) groups excluding carboxylic acids is 1. The van der Waals surface area contributed by atoms with Crippen molar-refractivity contribution in [1.82, 2.24) is 24.8 Å². The third kappa shape index (κ3) is 3.60. The molecule has 2 aromatic heterocycles. The Kier molecular flexibility index (Phi) is 5.13. The van der Waals surface area contributed by atoms with Gasteiger partial charge in [0, 0.05) is 25.1 Å². The lowest BCUT2D eigenvalue weighted by molar-refractivity contribution is -0.143. The highest BCUT2D eigenvalue weighted by atomic mass is 19.4. The van der Waals surface area contributed by atoms with Crippen molar-refractivity contribution in [1.29, 1.82) is 10.8 Å². The number of hydrogen-bond donors (Lipinski definition) is 2. The molecule has 9 nitrogen and oxygen atoms in total. The molecule has 2 aliphatic rings. The van der Waals surface area contributed by atoms with Gasteiger partial charge in [0.2, 0.25) is 0 Å². The molecule has 0 aromatic carbocycles. The minimum absolute atomic E-state index is 0.0125. The number of amides is 1. The zero-order valence-electron chi connectivity index (χ0n) is 15.7. The molecule has 0 spiro atoms. The van der Waals surface area contributed by atoms with Crippen LogP contribution in [-0.2, 0) is 10.9 Å². The van der Waals surface area contributed by atoms with Crippen LogP contribution in [0.5, 0.6) is 0 Å². The second kappa shape index (κ2) is 7.65. The van der Waals surface area contributed by atoms with Crippen LogP contribution in [0.3, 0.4) is 0 Å². The highest BCUT2D eigenvalue weighted by Gasteiger charge is 2.47. The Morgan fingerprint density at radius 3 is 2.65 bits per heavy atom. The van der Waals surface area contributed by atoms with E-state index in [9.17, 15) is 22.4 Å². The second-order valence-corrected chi connectivity index (χ2v) is 6.87. The number of piperazine rings is 1. The van der Waals surface area contributed by atoms with Gasteiger partial charge in [0.05, 0.1) is 31.0 Å². The van der Waals surface area contributed by atoms with Crippen LogP contribution in [0.15, 0.2) is 30.9 Å². The topological polar surface area (TPSA) is 119 Å². The molecule has 1 amide bonds. The number of nitrogens with zero attached hydrogens (tertiary/aromatic N) is 5. The molecule has 2 saturated heterocycles. The van der Waals surface area contributed by atoms with Crippen LogP contribution in [0.2, 0.25) is 0 Å². The van der Waals surface area contributed by atoms with Crippen LogP contribution >= 0.6 is 0 Å². The van der Waals surface area contributed by atoms with Crippen molar-refractivity contribution in [2.45, 2.75) is 18.3 Å². The van der Waals surface area contributed by atoms with Gasteiger partial charge in [-0.1, -0.05) is 0 Å². The van der Waals surface area contributed by atoms with Crippen LogP contribution in [-0.4, -0.2) is 74.2 Å². The minimum atomic E-state index is -5.06. The summed E-state index contributed by atoms with van der Waals surface area (Å²) in [4.78, 5) is 26.4. The van der Waals surface area contributed by atoms with E-state index < -0.39 is 41.2 Å². The molecule has 4 heterocycles. The van der Waals surface area contributed by atoms with Gasteiger partial charge in [-0.3, -0.25) is 20.6 Å². The summed E-state index contributed by atoms with van der Waals surface area (Å²) in [7, 11) is 0. The lowest BCUT2D eigenvalue weighted by Gasteiger charge is -2.50. The van der Waals surface area contributed by atoms with Crippen molar-refractivity contribution in [2.24, 2.45) is 0 Å². The van der Waals surface area contributed by atoms with Gasteiger partial charge in [0.25, 0.3) is 5.91 Å². The number of morpholine rings is 1. The number of pyridine rings is 1. The van der Waals surface area contributed by atoms with Crippen LogP contribution in [0, 0.1) is 16.6 Å². The number of fused-ring (bicyclic) bond motifs is 2. The second-order valence-electron chi connectivity index (χ2n) is 6.87. The third-order valence-corrected chi connectivity index (χ3v) is 5.01. The normalized spacial score (nSPS) is 21.2. The number of amidine groups is 2. The van der Waals surface area contributed by atoms with Gasteiger partial charge in [-0.15, -0.1) is 0 Å². The van der Waals surface area contributed by atoms with Crippen molar-refractivity contribution < 1.29 is 27.1 Å². The van der Waals surface area contributed by atoms with Gasteiger partial charge in [0.1, 0.15) is 17.6 Å². The summed E-state index contributed by atoms with van der Waals surface area (Å²) < 4.78 is 58.9. The standard InChI is InChI=1S/C18H15F4N7O2/c19-13-10(1-2-27-14(13)18(20,21)22)17(30)29-9-6-28(16(24)12(29)8-31-7-9)15(23)11-5-25-3-4-26-11/h1-5,9,12,23-24H,6-8H2. The molecule has 0 radical (unpaired) electrons.